The molecule has 0 saturated carbocycles. The molecule has 2 rings (SSSR count). The first kappa shape index (κ1) is 13.3. The molecule has 0 aromatic carbocycles. The Morgan fingerprint density at radius 2 is 2.17 bits per heavy atom. The normalized spacial score (nSPS) is 25.9. The molecule has 1 fully saturated rings. The van der Waals surface area contributed by atoms with Crippen molar-refractivity contribution in [1.82, 2.24) is 10.3 Å². The van der Waals surface area contributed by atoms with Gasteiger partial charge in [0.15, 0.2) is 9.84 Å². The van der Waals surface area contributed by atoms with Gasteiger partial charge in [-0.15, -0.1) is 11.6 Å². The van der Waals surface area contributed by atoms with Crippen LogP contribution in [0.5, 0.6) is 0 Å². The molecule has 18 heavy (non-hydrogen) atoms. The van der Waals surface area contributed by atoms with E-state index in [-0.39, 0.29) is 17.4 Å². The molecule has 2 unspecified atom stereocenters. The smallest absolute Gasteiger partial charge is 0.253 e. The summed E-state index contributed by atoms with van der Waals surface area (Å²) in [6, 6.07) is 2.83. The highest BCUT2D eigenvalue weighted by molar-refractivity contribution is 7.91. The summed E-state index contributed by atoms with van der Waals surface area (Å²) in [5, 5.41) is 2.06. The fourth-order valence-electron chi connectivity index (χ4n) is 1.79. The maximum Gasteiger partial charge on any atom is 0.253 e. The Labute approximate surface area is 110 Å². The number of amides is 1. The number of halogens is 1. The number of alkyl halides is 1. The molecular weight excluding hydrogens is 276 g/mol. The zero-order valence-corrected chi connectivity index (χ0v) is 11.3. The Bertz CT molecular complexity index is 556. The van der Waals surface area contributed by atoms with Crippen molar-refractivity contribution in [2.24, 2.45) is 0 Å². The summed E-state index contributed by atoms with van der Waals surface area (Å²) >= 11 is 5.91. The molecule has 1 aliphatic heterocycles. The lowest BCUT2D eigenvalue weighted by molar-refractivity contribution is 0.0941. The van der Waals surface area contributed by atoms with Gasteiger partial charge in [0, 0.05) is 11.9 Å². The van der Waals surface area contributed by atoms with Gasteiger partial charge in [-0.1, -0.05) is 0 Å². The molecule has 0 radical (unpaired) electrons. The van der Waals surface area contributed by atoms with E-state index in [1.807, 2.05) is 6.92 Å². The zero-order valence-electron chi connectivity index (χ0n) is 9.76. The molecule has 1 aromatic heterocycles. The van der Waals surface area contributed by atoms with E-state index in [2.05, 4.69) is 10.3 Å². The highest BCUT2D eigenvalue weighted by Gasteiger charge is 2.37. The van der Waals surface area contributed by atoms with Crippen molar-refractivity contribution < 1.29 is 13.2 Å². The van der Waals surface area contributed by atoms with Crippen molar-refractivity contribution >= 4 is 27.3 Å². The summed E-state index contributed by atoms with van der Waals surface area (Å²) in [6.07, 6.45) is 1.46. The minimum absolute atomic E-state index is 0.0916. The van der Waals surface area contributed by atoms with E-state index in [9.17, 15) is 13.2 Å². The lowest BCUT2D eigenvalue weighted by Gasteiger charge is -2.14. The number of carbonyl (C=O) groups is 1. The molecule has 1 amide bonds. The molecule has 1 saturated heterocycles. The highest BCUT2D eigenvalue weighted by atomic mass is 35.5. The predicted molar refractivity (Wildman–Crippen MR) is 68.5 cm³/mol. The van der Waals surface area contributed by atoms with Crippen LogP contribution in [0.4, 0.5) is 0 Å². The van der Waals surface area contributed by atoms with Crippen LogP contribution in [-0.4, -0.2) is 42.2 Å². The Morgan fingerprint density at radius 3 is 2.67 bits per heavy atom. The van der Waals surface area contributed by atoms with Gasteiger partial charge in [-0.3, -0.25) is 9.78 Å². The van der Waals surface area contributed by atoms with E-state index in [1.54, 1.807) is 12.1 Å². The Kier molecular flexibility index (Phi) is 3.59. The molecule has 1 aliphatic rings. The van der Waals surface area contributed by atoms with Crippen LogP contribution in [0.1, 0.15) is 16.1 Å². The lowest BCUT2D eigenvalue weighted by atomic mass is 10.2. The quantitative estimate of drug-likeness (QED) is 0.805. The third kappa shape index (κ3) is 3.00. The van der Waals surface area contributed by atoms with Crippen LogP contribution in [0, 0.1) is 6.92 Å². The largest absolute Gasteiger partial charge is 0.347 e. The van der Waals surface area contributed by atoms with Crippen molar-refractivity contribution in [3.8, 4) is 0 Å². The minimum Gasteiger partial charge on any atom is -0.347 e. The molecule has 2 atom stereocenters. The van der Waals surface area contributed by atoms with E-state index in [4.69, 9.17) is 11.6 Å². The standard InChI is InChI=1S/C11H13ClN2O3S/c1-7-2-3-8(4-13-7)11(15)14-10-6-18(16,17)5-9(10)12/h2-4,9-10H,5-6H2,1H3,(H,14,15). The van der Waals surface area contributed by atoms with Gasteiger partial charge in [-0.05, 0) is 19.1 Å². The molecular formula is C11H13ClN2O3S. The van der Waals surface area contributed by atoms with Crippen molar-refractivity contribution in [2.45, 2.75) is 18.3 Å². The molecule has 7 heteroatoms. The average molecular weight is 289 g/mol. The summed E-state index contributed by atoms with van der Waals surface area (Å²) in [6.45, 7) is 1.82. The number of pyridine rings is 1. The van der Waals surface area contributed by atoms with Crippen LogP contribution >= 0.6 is 11.6 Å². The van der Waals surface area contributed by atoms with Crippen LogP contribution < -0.4 is 5.32 Å². The second-order valence-electron chi connectivity index (χ2n) is 4.36. The van der Waals surface area contributed by atoms with Crippen molar-refractivity contribution in [2.75, 3.05) is 11.5 Å². The third-order valence-electron chi connectivity index (χ3n) is 2.77. The fraction of sp³-hybridized carbons (Fsp3) is 0.455. The molecule has 98 valence electrons. The van der Waals surface area contributed by atoms with Gasteiger partial charge in [-0.2, -0.15) is 0 Å². The molecule has 1 N–H and O–H groups in total. The van der Waals surface area contributed by atoms with Gasteiger partial charge < -0.3 is 5.32 Å². The number of nitrogens with zero attached hydrogens (tertiary/aromatic N) is 1. The Morgan fingerprint density at radius 1 is 1.44 bits per heavy atom. The molecule has 2 heterocycles. The van der Waals surface area contributed by atoms with Gasteiger partial charge in [0.25, 0.3) is 5.91 Å². The van der Waals surface area contributed by atoms with Gasteiger partial charge >= 0.3 is 0 Å². The summed E-state index contributed by atoms with van der Waals surface area (Å²) in [5.41, 5.74) is 1.21. The zero-order chi connectivity index (χ0) is 13.3. The van der Waals surface area contributed by atoms with Crippen LogP contribution in [0.15, 0.2) is 18.3 Å². The fourth-order valence-corrected chi connectivity index (χ4v) is 4.34. The van der Waals surface area contributed by atoms with Crippen LogP contribution in [0.2, 0.25) is 0 Å². The summed E-state index contributed by atoms with van der Waals surface area (Å²) in [5.74, 6) is -0.548. The Hall–Kier alpha value is -1.14. The van der Waals surface area contributed by atoms with E-state index in [0.717, 1.165) is 5.69 Å². The molecule has 0 spiro atoms. The van der Waals surface area contributed by atoms with Gasteiger partial charge in [0.05, 0.1) is 28.5 Å². The van der Waals surface area contributed by atoms with Crippen LogP contribution in [0.25, 0.3) is 0 Å². The molecule has 0 bridgehead atoms. The van der Waals surface area contributed by atoms with Gasteiger partial charge in [0.2, 0.25) is 0 Å². The van der Waals surface area contributed by atoms with E-state index in [0.29, 0.717) is 5.56 Å². The number of rotatable bonds is 2. The summed E-state index contributed by atoms with van der Waals surface area (Å²) in [4.78, 5) is 15.9. The number of nitrogens with one attached hydrogen (secondary N) is 1. The summed E-state index contributed by atoms with van der Waals surface area (Å²) < 4.78 is 22.7. The first-order valence-corrected chi connectivity index (χ1v) is 7.71. The highest BCUT2D eigenvalue weighted by Crippen LogP contribution is 2.18. The minimum atomic E-state index is -3.14. The maximum atomic E-state index is 11.9. The molecule has 5 nitrogen and oxygen atoms in total. The Balaban J connectivity index is 2.06. The van der Waals surface area contributed by atoms with Crippen LogP contribution in [0.3, 0.4) is 0 Å². The SMILES string of the molecule is Cc1ccc(C(=O)NC2CS(=O)(=O)CC2Cl)cn1. The monoisotopic (exact) mass is 288 g/mol. The van der Waals surface area contributed by atoms with Crippen molar-refractivity contribution in [3.05, 3.63) is 29.6 Å². The lowest BCUT2D eigenvalue weighted by Crippen LogP contribution is -2.40. The predicted octanol–water partition coefficient (Wildman–Crippen LogP) is 0.524. The van der Waals surface area contributed by atoms with Gasteiger partial charge in [0.1, 0.15) is 0 Å². The molecule has 0 aliphatic carbocycles. The topological polar surface area (TPSA) is 76.1 Å². The maximum absolute atomic E-state index is 11.9. The second-order valence-corrected chi connectivity index (χ2v) is 7.08. The first-order valence-electron chi connectivity index (χ1n) is 5.45. The van der Waals surface area contributed by atoms with E-state index >= 15 is 0 Å². The third-order valence-corrected chi connectivity index (χ3v) is 5.15. The van der Waals surface area contributed by atoms with E-state index in [1.165, 1.54) is 6.20 Å². The van der Waals surface area contributed by atoms with Gasteiger partial charge in [-0.25, -0.2) is 8.42 Å². The number of aromatic nitrogens is 1. The molecule has 1 aromatic rings. The second kappa shape index (κ2) is 4.85. The number of carbonyl (C=O) groups excluding carboxylic acids is 1. The van der Waals surface area contributed by atoms with E-state index < -0.39 is 21.3 Å². The average Bonchev–Trinajstić information content (AvgIpc) is 2.52. The summed E-state index contributed by atoms with van der Waals surface area (Å²) in [7, 11) is -3.14. The number of aryl methyl sites for hydroxylation is 1. The van der Waals surface area contributed by atoms with Crippen LogP contribution in [-0.2, 0) is 9.84 Å². The first-order chi connectivity index (χ1) is 8.37. The number of hydrogen-bond acceptors (Lipinski definition) is 4. The van der Waals surface area contributed by atoms with Crippen molar-refractivity contribution in [3.63, 3.8) is 0 Å². The van der Waals surface area contributed by atoms with Crippen molar-refractivity contribution in [1.29, 1.82) is 0 Å². The number of hydrogen-bond donors (Lipinski definition) is 1. The number of sulfone groups is 1.